The molecule has 2 aromatic carbocycles. The Balaban J connectivity index is 2.24. The van der Waals surface area contributed by atoms with Gasteiger partial charge in [-0.1, -0.05) is 50.1 Å². The lowest BCUT2D eigenvalue weighted by Crippen LogP contribution is -2.24. The summed E-state index contributed by atoms with van der Waals surface area (Å²) in [5.41, 5.74) is 2.83. The number of para-hydroxylation sites is 2. The molecule has 3 rings (SSSR count). The van der Waals surface area contributed by atoms with Crippen LogP contribution < -0.4 is 5.56 Å². The molecule has 118 valence electrons. The van der Waals surface area contributed by atoms with Crippen LogP contribution in [0.4, 0.5) is 0 Å². The van der Waals surface area contributed by atoms with E-state index in [1.165, 1.54) is 0 Å². The van der Waals surface area contributed by atoms with Gasteiger partial charge in [-0.2, -0.15) is 0 Å². The number of benzene rings is 2. The van der Waals surface area contributed by atoms with Crippen molar-refractivity contribution in [2.75, 3.05) is 0 Å². The third kappa shape index (κ3) is 3.04. The second-order valence-electron chi connectivity index (χ2n) is 5.93. The largest absolute Gasteiger partial charge is 0.268 e. The molecule has 0 saturated carbocycles. The summed E-state index contributed by atoms with van der Waals surface area (Å²) in [4.78, 5) is 17.8. The molecule has 0 aliphatic carbocycles. The van der Waals surface area contributed by atoms with Gasteiger partial charge in [0.05, 0.1) is 16.6 Å². The molecule has 0 fully saturated rings. The van der Waals surface area contributed by atoms with Crippen LogP contribution in [0.3, 0.4) is 0 Å². The number of unbranched alkanes of at least 4 members (excludes halogenated alkanes) is 2. The fourth-order valence-electron chi connectivity index (χ4n) is 2.94. The first-order valence-corrected chi connectivity index (χ1v) is 8.29. The summed E-state index contributed by atoms with van der Waals surface area (Å²) in [6.07, 6.45) is 4.17. The summed E-state index contributed by atoms with van der Waals surface area (Å²) in [5, 5.41) is 0.676. The minimum atomic E-state index is 0.0244. The van der Waals surface area contributed by atoms with Crippen molar-refractivity contribution in [2.24, 2.45) is 0 Å². The van der Waals surface area contributed by atoms with Crippen molar-refractivity contribution in [3.8, 4) is 5.69 Å². The lowest BCUT2D eigenvalue weighted by atomic mass is 10.1. The van der Waals surface area contributed by atoms with Gasteiger partial charge in [0.15, 0.2) is 0 Å². The Labute approximate surface area is 136 Å². The highest BCUT2D eigenvalue weighted by Gasteiger charge is 2.13. The molecule has 0 radical (unpaired) electrons. The van der Waals surface area contributed by atoms with Crippen LogP contribution in [-0.4, -0.2) is 9.55 Å². The van der Waals surface area contributed by atoms with Crippen molar-refractivity contribution in [3.63, 3.8) is 0 Å². The van der Waals surface area contributed by atoms with Crippen LogP contribution in [-0.2, 0) is 6.42 Å². The summed E-state index contributed by atoms with van der Waals surface area (Å²) >= 11 is 0. The number of aromatic nitrogens is 2. The molecule has 1 aromatic heterocycles. The van der Waals surface area contributed by atoms with E-state index in [1.54, 1.807) is 4.57 Å². The normalized spacial score (nSPS) is 11.0. The lowest BCUT2D eigenvalue weighted by Gasteiger charge is -2.15. The standard InChI is InChI=1S/C20H22N2O/c1-3-4-5-14-19-21-17-12-8-7-11-16(17)20(23)22(19)18-13-9-6-10-15(18)2/h6-13H,3-5,14H2,1-2H3. The number of fused-ring (bicyclic) bond motifs is 1. The molecular weight excluding hydrogens is 284 g/mol. The Morgan fingerprint density at radius 2 is 1.74 bits per heavy atom. The molecule has 3 aromatic rings. The van der Waals surface area contributed by atoms with E-state index in [0.29, 0.717) is 5.39 Å². The second-order valence-corrected chi connectivity index (χ2v) is 5.93. The molecule has 0 spiro atoms. The number of rotatable bonds is 5. The summed E-state index contributed by atoms with van der Waals surface area (Å²) in [5.74, 6) is 0.858. The molecule has 0 aliphatic rings. The third-order valence-electron chi connectivity index (χ3n) is 4.21. The van der Waals surface area contributed by atoms with E-state index in [-0.39, 0.29) is 5.56 Å². The fraction of sp³-hybridized carbons (Fsp3) is 0.300. The predicted octanol–water partition coefficient (Wildman–Crippen LogP) is 4.43. The van der Waals surface area contributed by atoms with Crippen molar-refractivity contribution in [1.29, 1.82) is 0 Å². The summed E-state index contributed by atoms with van der Waals surface area (Å²) < 4.78 is 1.80. The van der Waals surface area contributed by atoms with E-state index in [0.717, 1.165) is 48.3 Å². The minimum Gasteiger partial charge on any atom is -0.268 e. The molecule has 0 unspecified atom stereocenters. The maximum absolute atomic E-state index is 13.1. The average Bonchev–Trinajstić information content (AvgIpc) is 2.57. The summed E-state index contributed by atoms with van der Waals surface area (Å²) in [6, 6.07) is 15.6. The van der Waals surface area contributed by atoms with E-state index < -0.39 is 0 Å². The van der Waals surface area contributed by atoms with E-state index in [4.69, 9.17) is 4.98 Å². The van der Waals surface area contributed by atoms with Gasteiger partial charge in [-0.25, -0.2) is 4.98 Å². The Bertz CT molecular complexity index is 880. The van der Waals surface area contributed by atoms with Gasteiger partial charge in [-0.3, -0.25) is 9.36 Å². The zero-order valence-corrected chi connectivity index (χ0v) is 13.7. The van der Waals surface area contributed by atoms with E-state index in [9.17, 15) is 4.79 Å². The van der Waals surface area contributed by atoms with Crippen LogP contribution in [0.1, 0.15) is 37.6 Å². The van der Waals surface area contributed by atoms with Crippen LogP contribution in [0.5, 0.6) is 0 Å². The molecule has 0 atom stereocenters. The van der Waals surface area contributed by atoms with E-state index in [2.05, 4.69) is 6.92 Å². The van der Waals surface area contributed by atoms with Gasteiger partial charge in [0.25, 0.3) is 5.56 Å². The number of nitrogens with zero attached hydrogens (tertiary/aromatic N) is 2. The number of aryl methyl sites for hydroxylation is 2. The topological polar surface area (TPSA) is 34.9 Å². The minimum absolute atomic E-state index is 0.0244. The number of hydrogen-bond donors (Lipinski definition) is 0. The van der Waals surface area contributed by atoms with Gasteiger partial charge in [0, 0.05) is 6.42 Å². The summed E-state index contributed by atoms with van der Waals surface area (Å²) in [7, 11) is 0. The van der Waals surface area contributed by atoms with Crippen molar-refractivity contribution in [2.45, 2.75) is 39.5 Å². The maximum Gasteiger partial charge on any atom is 0.265 e. The van der Waals surface area contributed by atoms with E-state index >= 15 is 0 Å². The van der Waals surface area contributed by atoms with Crippen molar-refractivity contribution >= 4 is 10.9 Å². The van der Waals surface area contributed by atoms with Crippen molar-refractivity contribution in [3.05, 3.63) is 70.3 Å². The molecule has 3 heteroatoms. The summed E-state index contributed by atoms with van der Waals surface area (Å²) in [6.45, 7) is 4.22. The fourth-order valence-corrected chi connectivity index (χ4v) is 2.94. The predicted molar refractivity (Wildman–Crippen MR) is 95.3 cm³/mol. The zero-order valence-electron chi connectivity index (χ0n) is 13.7. The SMILES string of the molecule is CCCCCc1nc2ccccc2c(=O)n1-c1ccccc1C. The Morgan fingerprint density at radius 1 is 1.00 bits per heavy atom. The van der Waals surface area contributed by atoms with Gasteiger partial charge in [0.1, 0.15) is 5.82 Å². The van der Waals surface area contributed by atoms with Gasteiger partial charge in [-0.15, -0.1) is 0 Å². The van der Waals surface area contributed by atoms with Gasteiger partial charge in [0.2, 0.25) is 0 Å². The molecule has 3 nitrogen and oxygen atoms in total. The Morgan fingerprint density at radius 3 is 2.52 bits per heavy atom. The highest BCUT2D eigenvalue weighted by molar-refractivity contribution is 5.77. The first-order chi connectivity index (χ1) is 11.2. The zero-order chi connectivity index (χ0) is 16.2. The van der Waals surface area contributed by atoms with Crippen LogP contribution in [0.25, 0.3) is 16.6 Å². The van der Waals surface area contributed by atoms with Crippen LogP contribution in [0.15, 0.2) is 53.3 Å². The molecule has 0 amide bonds. The lowest BCUT2D eigenvalue weighted by molar-refractivity contribution is 0.675. The average molecular weight is 306 g/mol. The Hall–Kier alpha value is -2.42. The molecule has 0 bridgehead atoms. The van der Waals surface area contributed by atoms with Gasteiger partial charge >= 0.3 is 0 Å². The first-order valence-electron chi connectivity index (χ1n) is 8.29. The molecule has 0 aliphatic heterocycles. The third-order valence-corrected chi connectivity index (χ3v) is 4.21. The molecule has 0 saturated heterocycles. The molecule has 1 heterocycles. The quantitative estimate of drug-likeness (QED) is 0.654. The van der Waals surface area contributed by atoms with Gasteiger partial charge < -0.3 is 0 Å². The molecule has 23 heavy (non-hydrogen) atoms. The van der Waals surface area contributed by atoms with Crippen molar-refractivity contribution in [1.82, 2.24) is 9.55 Å². The molecule has 0 N–H and O–H groups in total. The number of hydrogen-bond acceptors (Lipinski definition) is 2. The van der Waals surface area contributed by atoms with Crippen LogP contribution in [0, 0.1) is 6.92 Å². The first kappa shape index (κ1) is 15.5. The molecular formula is C20H22N2O. The monoisotopic (exact) mass is 306 g/mol. The van der Waals surface area contributed by atoms with Crippen LogP contribution in [0.2, 0.25) is 0 Å². The van der Waals surface area contributed by atoms with Gasteiger partial charge in [-0.05, 0) is 37.1 Å². The highest BCUT2D eigenvalue weighted by Crippen LogP contribution is 2.17. The Kier molecular flexibility index (Phi) is 4.56. The highest BCUT2D eigenvalue weighted by atomic mass is 16.1. The smallest absolute Gasteiger partial charge is 0.265 e. The maximum atomic E-state index is 13.1. The second kappa shape index (κ2) is 6.78. The van der Waals surface area contributed by atoms with Crippen LogP contribution >= 0.6 is 0 Å². The van der Waals surface area contributed by atoms with Crippen molar-refractivity contribution < 1.29 is 0 Å². The van der Waals surface area contributed by atoms with E-state index in [1.807, 2.05) is 55.5 Å².